The summed E-state index contributed by atoms with van der Waals surface area (Å²) in [5.41, 5.74) is 2.30. The van der Waals surface area contributed by atoms with Gasteiger partial charge in [-0.1, -0.05) is 12.1 Å². The van der Waals surface area contributed by atoms with Crippen LogP contribution in [0.15, 0.2) is 42.5 Å². The van der Waals surface area contributed by atoms with Gasteiger partial charge in [-0.2, -0.15) is 0 Å². The summed E-state index contributed by atoms with van der Waals surface area (Å²) in [4.78, 5) is 23.6. The minimum atomic E-state index is -0.296. The molecule has 27 heavy (non-hydrogen) atoms. The predicted octanol–water partition coefficient (Wildman–Crippen LogP) is 3.11. The van der Waals surface area contributed by atoms with Crippen LogP contribution in [0.1, 0.15) is 22.3 Å². The lowest BCUT2D eigenvalue weighted by Gasteiger charge is -2.11. The van der Waals surface area contributed by atoms with Gasteiger partial charge in [-0.15, -0.1) is 0 Å². The number of hydrogen-bond donors (Lipinski definition) is 3. The van der Waals surface area contributed by atoms with Crippen molar-refractivity contribution < 1.29 is 14.3 Å². The molecule has 0 saturated carbocycles. The number of benzene rings is 2. The zero-order valence-corrected chi connectivity index (χ0v) is 17.9. The number of aryl methyl sites for hydroxylation is 1. The third-order valence-corrected chi connectivity index (χ3v) is 4.82. The zero-order chi connectivity index (χ0) is 19.8. The molecule has 0 aliphatic heterocycles. The Morgan fingerprint density at radius 3 is 2.44 bits per heavy atom. The van der Waals surface area contributed by atoms with Crippen LogP contribution in [-0.2, 0) is 11.2 Å². The smallest absolute Gasteiger partial charge is 0.257 e. The lowest BCUT2D eigenvalue weighted by molar-refractivity contribution is -0.120. The van der Waals surface area contributed by atoms with E-state index in [1.165, 1.54) is 0 Å². The van der Waals surface area contributed by atoms with Crippen molar-refractivity contribution in [3.63, 3.8) is 0 Å². The van der Waals surface area contributed by atoms with Gasteiger partial charge in [0.2, 0.25) is 5.91 Å². The maximum Gasteiger partial charge on any atom is 0.257 e. The van der Waals surface area contributed by atoms with Crippen LogP contribution in [0.5, 0.6) is 5.75 Å². The fraction of sp³-hybridized carbons (Fsp3) is 0.211. The lowest BCUT2D eigenvalue weighted by atomic mass is 10.1. The molecule has 142 valence electrons. The number of ether oxygens (including phenoxy) is 1. The molecular formula is C19H20IN3O3S. The molecule has 2 aromatic carbocycles. The summed E-state index contributed by atoms with van der Waals surface area (Å²) < 4.78 is 6.03. The van der Waals surface area contributed by atoms with Gasteiger partial charge < -0.3 is 15.4 Å². The Hall–Kier alpha value is -2.20. The van der Waals surface area contributed by atoms with Crippen molar-refractivity contribution in [1.29, 1.82) is 0 Å². The first-order valence-corrected chi connectivity index (χ1v) is 9.67. The quantitative estimate of drug-likeness (QED) is 0.423. The maximum atomic E-state index is 12.3. The fourth-order valence-electron chi connectivity index (χ4n) is 2.28. The van der Waals surface area contributed by atoms with E-state index in [4.69, 9.17) is 17.0 Å². The number of halogens is 1. The molecule has 8 heteroatoms. The molecule has 0 aliphatic rings. The highest BCUT2D eigenvalue weighted by atomic mass is 127. The highest BCUT2D eigenvalue weighted by molar-refractivity contribution is 14.1. The summed E-state index contributed by atoms with van der Waals surface area (Å²) in [6, 6.07) is 12.7. The van der Waals surface area contributed by atoms with E-state index in [0.717, 1.165) is 14.8 Å². The average molecular weight is 497 g/mol. The van der Waals surface area contributed by atoms with Crippen LogP contribution in [0.2, 0.25) is 0 Å². The number of amides is 2. The van der Waals surface area contributed by atoms with Crippen molar-refractivity contribution in [2.24, 2.45) is 0 Å². The molecular weight excluding hydrogens is 477 g/mol. The standard InChI is InChI=1S/C19H20IN3O3S/c1-21-17(24)10-5-12-3-7-14(8-4-12)22-19(27)23-18(25)13-6-9-16(26-2)15(20)11-13/h3-4,6-9,11H,5,10H2,1-2H3,(H,21,24)(H2,22,23,25,27). The Kier molecular flexibility index (Phi) is 7.99. The molecule has 0 aromatic heterocycles. The topological polar surface area (TPSA) is 79.5 Å². The van der Waals surface area contributed by atoms with Gasteiger partial charge in [0.1, 0.15) is 5.75 Å². The predicted molar refractivity (Wildman–Crippen MR) is 118 cm³/mol. The summed E-state index contributed by atoms with van der Waals surface area (Å²) in [7, 11) is 3.21. The summed E-state index contributed by atoms with van der Waals surface area (Å²) in [6.45, 7) is 0. The van der Waals surface area contributed by atoms with E-state index in [2.05, 4.69) is 38.5 Å². The van der Waals surface area contributed by atoms with Crippen LogP contribution in [0.3, 0.4) is 0 Å². The van der Waals surface area contributed by atoms with Crippen LogP contribution in [-0.4, -0.2) is 31.1 Å². The molecule has 0 atom stereocenters. The molecule has 0 saturated heterocycles. The molecule has 2 rings (SSSR count). The van der Waals surface area contributed by atoms with Crippen molar-refractivity contribution >= 4 is 57.4 Å². The molecule has 0 radical (unpaired) electrons. The first kappa shape index (κ1) is 21.1. The minimum Gasteiger partial charge on any atom is -0.496 e. The molecule has 2 aromatic rings. The number of rotatable bonds is 6. The molecule has 0 fully saturated rings. The number of methoxy groups -OCH3 is 1. The van der Waals surface area contributed by atoms with E-state index >= 15 is 0 Å². The Bertz CT molecular complexity index is 841. The molecule has 0 spiro atoms. The second-order valence-electron chi connectivity index (χ2n) is 5.63. The second-order valence-corrected chi connectivity index (χ2v) is 7.20. The number of hydrogen-bond acceptors (Lipinski definition) is 4. The number of thiocarbonyl (C=S) groups is 1. The monoisotopic (exact) mass is 497 g/mol. The number of carbonyl (C=O) groups is 2. The lowest BCUT2D eigenvalue weighted by Crippen LogP contribution is -2.34. The highest BCUT2D eigenvalue weighted by Gasteiger charge is 2.10. The fourth-order valence-corrected chi connectivity index (χ4v) is 3.23. The number of carbonyl (C=O) groups excluding carboxylic acids is 2. The van der Waals surface area contributed by atoms with Gasteiger partial charge >= 0.3 is 0 Å². The van der Waals surface area contributed by atoms with Crippen molar-refractivity contribution in [2.45, 2.75) is 12.8 Å². The van der Waals surface area contributed by atoms with E-state index in [0.29, 0.717) is 24.2 Å². The van der Waals surface area contributed by atoms with E-state index in [9.17, 15) is 9.59 Å². The molecule has 2 amide bonds. The first-order chi connectivity index (χ1) is 12.9. The van der Waals surface area contributed by atoms with Gasteiger partial charge in [0.05, 0.1) is 10.7 Å². The highest BCUT2D eigenvalue weighted by Crippen LogP contribution is 2.21. The first-order valence-electron chi connectivity index (χ1n) is 8.18. The van der Waals surface area contributed by atoms with Crippen molar-refractivity contribution in [3.05, 3.63) is 57.2 Å². The molecule has 0 aliphatic carbocycles. The Labute approximate surface area is 177 Å². The Morgan fingerprint density at radius 1 is 1.15 bits per heavy atom. The summed E-state index contributed by atoms with van der Waals surface area (Å²) in [6.07, 6.45) is 1.11. The number of nitrogens with one attached hydrogen (secondary N) is 3. The summed E-state index contributed by atoms with van der Waals surface area (Å²) >= 11 is 7.31. The van der Waals surface area contributed by atoms with Gasteiger partial charge in [-0.3, -0.25) is 14.9 Å². The Balaban J connectivity index is 1.90. The largest absolute Gasteiger partial charge is 0.496 e. The molecule has 0 bridgehead atoms. The zero-order valence-electron chi connectivity index (χ0n) is 15.0. The van der Waals surface area contributed by atoms with E-state index in [1.54, 1.807) is 32.4 Å². The van der Waals surface area contributed by atoms with Crippen molar-refractivity contribution in [3.8, 4) is 5.75 Å². The SMILES string of the molecule is CNC(=O)CCc1ccc(NC(=S)NC(=O)c2ccc(OC)c(I)c2)cc1. The number of anilines is 1. The molecule has 3 N–H and O–H groups in total. The molecule has 6 nitrogen and oxygen atoms in total. The van der Waals surface area contributed by atoms with Crippen LogP contribution in [0.25, 0.3) is 0 Å². The van der Waals surface area contributed by atoms with Crippen LogP contribution < -0.4 is 20.7 Å². The average Bonchev–Trinajstić information content (AvgIpc) is 2.66. The third kappa shape index (κ3) is 6.47. The van der Waals surface area contributed by atoms with Gasteiger partial charge in [0, 0.05) is 24.7 Å². The molecule has 0 heterocycles. The summed E-state index contributed by atoms with van der Waals surface area (Å²) in [5.74, 6) is 0.425. The van der Waals surface area contributed by atoms with Crippen molar-refractivity contribution in [1.82, 2.24) is 10.6 Å². The summed E-state index contributed by atoms with van der Waals surface area (Å²) in [5, 5.41) is 8.44. The van der Waals surface area contributed by atoms with Crippen LogP contribution in [0.4, 0.5) is 5.69 Å². The third-order valence-electron chi connectivity index (χ3n) is 3.77. The van der Waals surface area contributed by atoms with E-state index < -0.39 is 0 Å². The maximum absolute atomic E-state index is 12.3. The molecule has 0 unspecified atom stereocenters. The minimum absolute atomic E-state index is 0.00860. The second kappa shape index (κ2) is 10.2. The van der Waals surface area contributed by atoms with E-state index in [-0.39, 0.29) is 16.9 Å². The normalized spacial score (nSPS) is 10.0. The van der Waals surface area contributed by atoms with Gasteiger partial charge in [-0.05, 0) is 77.1 Å². The van der Waals surface area contributed by atoms with Crippen LogP contribution in [0, 0.1) is 3.57 Å². The van der Waals surface area contributed by atoms with E-state index in [1.807, 2.05) is 24.3 Å². The Morgan fingerprint density at radius 2 is 1.85 bits per heavy atom. The van der Waals surface area contributed by atoms with Crippen LogP contribution >= 0.6 is 34.8 Å². The van der Waals surface area contributed by atoms with Gasteiger partial charge in [0.15, 0.2) is 5.11 Å². The van der Waals surface area contributed by atoms with Gasteiger partial charge in [-0.25, -0.2) is 0 Å². The van der Waals surface area contributed by atoms with Gasteiger partial charge in [0.25, 0.3) is 5.91 Å². The van der Waals surface area contributed by atoms with Crippen molar-refractivity contribution in [2.75, 3.05) is 19.5 Å².